The van der Waals surface area contributed by atoms with Gasteiger partial charge in [0.25, 0.3) is 5.91 Å². The molecule has 162 valence electrons. The minimum Gasteiger partial charge on any atom is -0.493 e. The Bertz CT molecular complexity index is 687. The number of hydrogen-bond acceptors (Lipinski definition) is 8. The average Bonchev–Trinajstić information content (AvgIpc) is 2.74. The zero-order chi connectivity index (χ0) is 21.8. The number of thioether (sulfide) groups is 1. The lowest BCUT2D eigenvalue weighted by atomic mass is 10.1. The number of carbonyl (C=O) groups excluding carboxylic acids is 3. The topological polar surface area (TPSA) is 112 Å². The van der Waals surface area contributed by atoms with Crippen molar-refractivity contribution in [2.75, 3.05) is 47.0 Å². The van der Waals surface area contributed by atoms with Crippen molar-refractivity contribution < 1.29 is 33.3 Å². The van der Waals surface area contributed by atoms with Gasteiger partial charge in [0.05, 0.1) is 28.4 Å². The Hall–Kier alpha value is -2.62. The van der Waals surface area contributed by atoms with Gasteiger partial charge in [0.2, 0.25) is 11.7 Å². The molecule has 0 aliphatic heterocycles. The summed E-state index contributed by atoms with van der Waals surface area (Å²) in [6.45, 7) is 0.0950. The van der Waals surface area contributed by atoms with Crippen LogP contribution in [0.25, 0.3) is 0 Å². The van der Waals surface area contributed by atoms with E-state index in [0.717, 1.165) is 0 Å². The Balaban J connectivity index is 2.66. The van der Waals surface area contributed by atoms with Crippen molar-refractivity contribution in [2.24, 2.45) is 0 Å². The Morgan fingerprint density at radius 1 is 1.03 bits per heavy atom. The summed E-state index contributed by atoms with van der Waals surface area (Å²) in [6, 6.07) is 2.34. The maximum atomic E-state index is 12.4. The van der Waals surface area contributed by atoms with E-state index < -0.39 is 17.9 Å². The van der Waals surface area contributed by atoms with Crippen LogP contribution in [0.4, 0.5) is 0 Å². The summed E-state index contributed by atoms with van der Waals surface area (Å²) in [5.74, 6) is 0.543. The van der Waals surface area contributed by atoms with Gasteiger partial charge in [0, 0.05) is 18.5 Å². The second-order valence-electron chi connectivity index (χ2n) is 5.84. The van der Waals surface area contributed by atoms with Crippen LogP contribution < -0.4 is 24.8 Å². The van der Waals surface area contributed by atoms with Crippen LogP contribution in [-0.4, -0.2) is 70.8 Å². The highest BCUT2D eigenvalue weighted by Crippen LogP contribution is 2.38. The quantitative estimate of drug-likeness (QED) is 0.478. The molecule has 2 N–H and O–H groups in total. The van der Waals surface area contributed by atoms with E-state index in [1.807, 2.05) is 6.26 Å². The fraction of sp³-hybridized carbons (Fsp3) is 0.526. The second-order valence-corrected chi connectivity index (χ2v) is 6.83. The lowest BCUT2D eigenvalue weighted by molar-refractivity contribution is -0.145. The van der Waals surface area contributed by atoms with Gasteiger partial charge < -0.3 is 29.6 Å². The van der Waals surface area contributed by atoms with Crippen LogP contribution in [0.15, 0.2) is 12.1 Å². The molecule has 1 aromatic carbocycles. The Morgan fingerprint density at radius 3 is 2.14 bits per heavy atom. The van der Waals surface area contributed by atoms with Crippen LogP contribution in [0.3, 0.4) is 0 Å². The third-order valence-electron chi connectivity index (χ3n) is 4.00. The number of nitrogens with one attached hydrogen (secondary N) is 2. The molecule has 0 saturated carbocycles. The summed E-state index contributed by atoms with van der Waals surface area (Å²) in [4.78, 5) is 36.3. The predicted molar refractivity (Wildman–Crippen MR) is 110 cm³/mol. The van der Waals surface area contributed by atoms with E-state index in [9.17, 15) is 14.4 Å². The molecule has 0 aromatic heterocycles. The van der Waals surface area contributed by atoms with Gasteiger partial charge >= 0.3 is 5.97 Å². The van der Waals surface area contributed by atoms with Gasteiger partial charge in [-0.25, -0.2) is 4.79 Å². The first-order valence-electron chi connectivity index (χ1n) is 8.86. The lowest BCUT2D eigenvalue weighted by Crippen LogP contribution is -2.43. The number of methoxy groups -OCH3 is 4. The van der Waals surface area contributed by atoms with Crippen molar-refractivity contribution >= 4 is 29.5 Å². The number of ether oxygens (including phenoxy) is 4. The molecule has 0 heterocycles. The highest BCUT2D eigenvalue weighted by molar-refractivity contribution is 7.98. The summed E-state index contributed by atoms with van der Waals surface area (Å²) >= 11 is 1.57. The van der Waals surface area contributed by atoms with Crippen molar-refractivity contribution in [3.05, 3.63) is 17.7 Å². The van der Waals surface area contributed by atoms with E-state index in [4.69, 9.17) is 18.9 Å². The van der Waals surface area contributed by atoms with Crippen molar-refractivity contribution in [1.29, 1.82) is 0 Å². The second kappa shape index (κ2) is 12.8. The van der Waals surface area contributed by atoms with Crippen molar-refractivity contribution in [1.82, 2.24) is 10.6 Å². The number of carbonyl (C=O) groups is 3. The predicted octanol–water partition coefficient (Wildman–Crippen LogP) is 1.24. The van der Waals surface area contributed by atoms with E-state index in [2.05, 4.69) is 10.6 Å². The molecule has 0 unspecified atom stereocenters. The third-order valence-corrected chi connectivity index (χ3v) is 4.64. The molecule has 0 aliphatic rings. The smallest absolute Gasteiger partial charge is 0.328 e. The van der Waals surface area contributed by atoms with Crippen LogP contribution in [0.5, 0.6) is 17.2 Å². The van der Waals surface area contributed by atoms with Crippen molar-refractivity contribution in [3.63, 3.8) is 0 Å². The highest BCUT2D eigenvalue weighted by atomic mass is 32.2. The van der Waals surface area contributed by atoms with Crippen molar-refractivity contribution in [3.8, 4) is 17.2 Å². The maximum Gasteiger partial charge on any atom is 0.328 e. The summed E-state index contributed by atoms with van der Waals surface area (Å²) < 4.78 is 20.4. The first kappa shape index (κ1) is 24.4. The molecule has 9 nitrogen and oxygen atoms in total. The van der Waals surface area contributed by atoms with Crippen LogP contribution in [0, 0.1) is 0 Å². The number of amides is 2. The van der Waals surface area contributed by atoms with Gasteiger partial charge in [-0.1, -0.05) is 0 Å². The molecule has 0 radical (unpaired) electrons. The molecule has 0 fully saturated rings. The summed E-state index contributed by atoms with van der Waals surface area (Å²) in [5, 5.41) is 5.29. The van der Waals surface area contributed by atoms with Gasteiger partial charge in [-0.05, 0) is 30.6 Å². The fourth-order valence-corrected chi connectivity index (χ4v) is 2.97. The molecule has 1 rings (SSSR count). The largest absolute Gasteiger partial charge is 0.493 e. The Morgan fingerprint density at radius 2 is 1.66 bits per heavy atom. The third kappa shape index (κ3) is 7.37. The minimum absolute atomic E-state index is 0.0168. The number of rotatable bonds is 12. The zero-order valence-corrected chi connectivity index (χ0v) is 18.1. The molecular weight excluding hydrogens is 400 g/mol. The van der Waals surface area contributed by atoms with Crippen LogP contribution in [0.1, 0.15) is 23.2 Å². The van der Waals surface area contributed by atoms with Gasteiger partial charge in [-0.3, -0.25) is 9.59 Å². The molecule has 1 atom stereocenters. The van der Waals surface area contributed by atoms with E-state index >= 15 is 0 Å². The monoisotopic (exact) mass is 428 g/mol. The number of benzene rings is 1. The Kier molecular flexibility index (Phi) is 10.7. The van der Waals surface area contributed by atoms with Gasteiger partial charge in [-0.2, -0.15) is 11.8 Å². The highest BCUT2D eigenvalue weighted by Gasteiger charge is 2.21. The Labute approximate surface area is 174 Å². The molecule has 0 saturated heterocycles. The fourth-order valence-electron chi connectivity index (χ4n) is 2.50. The molecular formula is C19H28N2O7S. The van der Waals surface area contributed by atoms with E-state index in [-0.39, 0.29) is 18.9 Å². The van der Waals surface area contributed by atoms with E-state index in [1.54, 1.807) is 11.8 Å². The van der Waals surface area contributed by atoms with Crippen LogP contribution in [0.2, 0.25) is 0 Å². The van der Waals surface area contributed by atoms with Crippen LogP contribution >= 0.6 is 11.8 Å². The van der Waals surface area contributed by atoms with Gasteiger partial charge in [0.15, 0.2) is 11.5 Å². The van der Waals surface area contributed by atoms with Crippen LogP contribution in [-0.2, 0) is 14.3 Å². The molecule has 2 amide bonds. The average molecular weight is 429 g/mol. The first-order valence-corrected chi connectivity index (χ1v) is 10.3. The normalized spacial score (nSPS) is 11.2. The maximum absolute atomic E-state index is 12.4. The number of esters is 1. The summed E-state index contributed by atoms with van der Waals surface area (Å²) in [7, 11) is 5.66. The number of hydrogen-bond donors (Lipinski definition) is 2. The van der Waals surface area contributed by atoms with Gasteiger partial charge in [0.1, 0.15) is 6.04 Å². The van der Waals surface area contributed by atoms with E-state index in [1.165, 1.54) is 40.6 Å². The first-order chi connectivity index (χ1) is 13.9. The molecule has 29 heavy (non-hydrogen) atoms. The summed E-state index contributed by atoms with van der Waals surface area (Å²) in [6.07, 6.45) is 2.40. The SMILES string of the molecule is COC(=O)[C@H](CCSC)NC(=O)CCNC(=O)c1cc(OC)c(OC)c(OC)c1. The lowest BCUT2D eigenvalue weighted by Gasteiger charge is -2.16. The molecule has 0 bridgehead atoms. The molecule has 10 heteroatoms. The van der Waals surface area contributed by atoms with Crippen molar-refractivity contribution in [2.45, 2.75) is 18.9 Å². The standard InChI is InChI=1S/C19H28N2O7S/c1-25-14-10-12(11-15(26-2)17(14)27-3)18(23)20-8-6-16(22)21-13(7-9-29-5)19(24)28-4/h10-11,13H,6-9H2,1-5H3,(H,20,23)(H,21,22)/t13-/m0/s1. The summed E-state index contributed by atoms with van der Waals surface area (Å²) in [5.41, 5.74) is 0.298. The molecule has 0 spiro atoms. The zero-order valence-electron chi connectivity index (χ0n) is 17.3. The van der Waals surface area contributed by atoms with E-state index in [0.29, 0.717) is 35.0 Å². The van der Waals surface area contributed by atoms with Gasteiger partial charge in [-0.15, -0.1) is 0 Å². The minimum atomic E-state index is -0.703. The molecule has 0 aliphatic carbocycles. The molecule has 1 aromatic rings.